The number of nitrogens with one attached hydrogen (secondary N) is 1. The Hall–Kier alpha value is -4.85. The molecule has 1 amide bonds. The number of carbonyl (C=O) groups excluding carboxylic acids is 1. The molecular weight excluding hydrogens is 520 g/mol. The number of para-hydroxylation sites is 2. The van der Waals surface area contributed by atoms with Crippen LogP contribution in [0.15, 0.2) is 70.7 Å². The van der Waals surface area contributed by atoms with Crippen LogP contribution in [0.2, 0.25) is 0 Å². The molecule has 0 aromatic heterocycles. The number of nitrogens with zero attached hydrogens (tertiary/aromatic N) is 3. The highest BCUT2D eigenvalue weighted by Gasteiger charge is 2.34. The molecular formula is C24H24N4O9S. The van der Waals surface area contributed by atoms with Gasteiger partial charge in [-0.3, -0.25) is 19.2 Å². The normalized spacial score (nSPS) is 11.1. The number of methoxy groups -OCH3 is 3. The third-order valence-corrected chi connectivity index (χ3v) is 7.02. The van der Waals surface area contributed by atoms with E-state index in [2.05, 4.69) is 10.5 Å². The number of ether oxygens (including phenoxy) is 3. The molecule has 0 heterocycles. The first-order valence-electron chi connectivity index (χ1n) is 10.8. The second-order valence-electron chi connectivity index (χ2n) is 7.47. The van der Waals surface area contributed by atoms with Crippen LogP contribution in [0.1, 0.15) is 5.56 Å². The van der Waals surface area contributed by atoms with Crippen molar-refractivity contribution < 1.29 is 37.5 Å². The summed E-state index contributed by atoms with van der Waals surface area (Å²) in [6.45, 7) is -0.821. The van der Waals surface area contributed by atoms with Crippen molar-refractivity contribution in [3.8, 4) is 23.0 Å². The Kier molecular flexibility index (Phi) is 8.70. The highest BCUT2D eigenvalue weighted by Crippen LogP contribution is 2.37. The van der Waals surface area contributed by atoms with E-state index in [-0.39, 0.29) is 28.5 Å². The minimum absolute atomic E-state index is 0.0316. The Bertz CT molecular complexity index is 1480. The van der Waals surface area contributed by atoms with Gasteiger partial charge in [0.05, 0.1) is 38.2 Å². The summed E-state index contributed by atoms with van der Waals surface area (Å²) < 4.78 is 43.5. The van der Waals surface area contributed by atoms with Crippen LogP contribution in [0.5, 0.6) is 23.0 Å². The van der Waals surface area contributed by atoms with E-state index in [0.29, 0.717) is 10.1 Å². The van der Waals surface area contributed by atoms with Gasteiger partial charge in [-0.25, -0.2) is 13.8 Å². The second kappa shape index (κ2) is 11.9. The van der Waals surface area contributed by atoms with Crippen LogP contribution in [-0.2, 0) is 14.8 Å². The highest BCUT2D eigenvalue weighted by atomic mass is 32.2. The molecule has 3 aromatic rings. The lowest BCUT2D eigenvalue weighted by Gasteiger charge is -2.25. The summed E-state index contributed by atoms with van der Waals surface area (Å²) in [5.74, 6) is -0.529. The summed E-state index contributed by atoms with van der Waals surface area (Å²) in [6, 6.07) is 13.6. The van der Waals surface area contributed by atoms with Gasteiger partial charge in [0.2, 0.25) is 0 Å². The first kappa shape index (κ1) is 27.7. The lowest BCUT2D eigenvalue weighted by atomic mass is 10.2. The zero-order valence-electron chi connectivity index (χ0n) is 20.5. The zero-order valence-corrected chi connectivity index (χ0v) is 21.3. The Morgan fingerprint density at radius 2 is 1.76 bits per heavy atom. The Morgan fingerprint density at radius 1 is 1.05 bits per heavy atom. The van der Waals surface area contributed by atoms with E-state index < -0.39 is 38.0 Å². The van der Waals surface area contributed by atoms with Crippen molar-refractivity contribution in [3.63, 3.8) is 0 Å². The van der Waals surface area contributed by atoms with Gasteiger partial charge in [-0.05, 0) is 30.3 Å². The number of phenolic OH excluding ortho intramolecular Hbond substituents is 1. The summed E-state index contributed by atoms with van der Waals surface area (Å²) in [4.78, 5) is 22.9. The first-order chi connectivity index (χ1) is 18.1. The summed E-state index contributed by atoms with van der Waals surface area (Å²) in [5, 5.41) is 25.5. The number of hydrazone groups is 1. The molecule has 0 spiro atoms. The molecule has 38 heavy (non-hydrogen) atoms. The third-order valence-electron chi connectivity index (χ3n) is 5.22. The van der Waals surface area contributed by atoms with Crippen LogP contribution in [-0.4, -0.2) is 58.4 Å². The number of aromatic hydroxyl groups is 1. The van der Waals surface area contributed by atoms with Crippen LogP contribution in [0.25, 0.3) is 0 Å². The van der Waals surface area contributed by atoms with Crippen LogP contribution < -0.4 is 23.9 Å². The standard InChI is InChI=1S/C24H24N4O9S/c1-35-17-11-12-18(21(13-17)37-3)27(38(33,34)22-10-5-4-8-19(22)28(31)32)15-23(29)26-25-14-16-7-6-9-20(36-2)24(16)30/h4-14,30H,15H2,1-3H3,(H,26,29)/b25-14+. The van der Waals surface area contributed by atoms with E-state index in [1.807, 2.05) is 0 Å². The molecule has 0 saturated carbocycles. The molecule has 0 aliphatic rings. The Labute approximate surface area is 218 Å². The molecule has 2 N–H and O–H groups in total. The molecule has 0 saturated heterocycles. The number of hydrogen-bond acceptors (Lipinski definition) is 10. The van der Waals surface area contributed by atoms with E-state index in [1.54, 1.807) is 6.07 Å². The maximum atomic E-state index is 13.7. The molecule has 0 unspecified atom stereocenters. The van der Waals surface area contributed by atoms with Crippen LogP contribution in [0.4, 0.5) is 11.4 Å². The summed E-state index contributed by atoms with van der Waals surface area (Å²) in [5.41, 5.74) is 1.68. The monoisotopic (exact) mass is 544 g/mol. The van der Waals surface area contributed by atoms with Crippen molar-refractivity contribution in [2.75, 3.05) is 32.2 Å². The van der Waals surface area contributed by atoms with Crippen molar-refractivity contribution in [3.05, 3.63) is 76.3 Å². The predicted molar refractivity (Wildman–Crippen MR) is 138 cm³/mol. The third kappa shape index (κ3) is 5.92. The van der Waals surface area contributed by atoms with Gasteiger partial charge >= 0.3 is 0 Å². The predicted octanol–water partition coefficient (Wildman–Crippen LogP) is 2.67. The molecule has 200 valence electrons. The number of nitro groups is 1. The van der Waals surface area contributed by atoms with E-state index >= 15 is 0 Å². The Morgan fingerprint density at radius 3 is 2.42 bits per heavy atom. The number of benzene rings is 3. The Balaban J connectivity index is 2.00. The SMILES string of the molecule is COc1ccc(N(CC(=O)N/N=C/c2cccc(OC)c2O)S(=O)(=O)c2ccccc2[N+](=O)[O-])c(OC)c1. The van der Waals surface area contributed by atoms with Gasteiger partial charge in [-0.2, -0.15) is 5.10 Å². The van der Waals surface area contributed by atoms with Gasteiger partial charge in [-0.15, -0.1) is 0 Å². The van der Waals surface area contributed by atoms with Crippen LogP contribution in [0.3, 0.4) is 0 Å². The van der Waals surface area contributed by atoms with Crippen LogP contribution >= 0.6 is 0 Å². The topological polar surface area (TPSA) is 170 Å². The van der Waals surface area contributed by atoms with E-state index in [4.69, 9.17) is 14.2 Å². The van der Waals surface area contributed by atoms with Gasteiger partial charge in [0.1, 0.15) is 18.0 Å². The first-order valence-corrected chi connectivity index (χ1v) is 12.2. The maximum absolute atomic E-state index is 13.7. The molecule has 3 rings (SSSR count). The fourth-order valence-corrected chi connectivity index (χ4v) is 4.98. The molecule has 0 bridgehead atoms. The van der Waals surface area contributed by atoms with Gasteiger partial charge in [-0.1, -0.05) is 18.2 Å². The number of amides is 1. The molecule has 14 heteroatoms. The molecule has 13 nitrogen and oxygen atoms in total. The number of phenols is 1. The van der Waals surface area contributed by atoms with Crippen molar-refractivity contribution in [1.82, 2.24) is 5.43 Å². The average molecular weight is 545 g/mol. The number of hydrogen-bond donors (Lipinski definition) is 2. The van der Waals surface area contributed by atoms with Gasteiger partial charge in [0.25, 0.3) is 21.6 Å². The number of sulfonamides is 1. The molecule has 0 atom stereocenters. The van der Waals surface area contributed by atoms with Crippen LogP contribution in [0, 0.1) is 10.1 Å². The maximum Gasteiger partial charge on any atom is 0.289 e. The average Bonchev–Trinajstić information content (AvgIpc) is 2.92. The number of anilines is 1. The summed E-state index contributed by atoms with van der Waals surface area (Å²) >= 11 is 0. The summed E-state index contributed by atoms with van der Waals surface area (Å²) in [6.07, 6.45) is 1.14. The van der Waals surface area contributed by atoms with Crippen molar-refractivity contribution >= 4 is 33.5 Å². The molecule has 0 aliphatic carbocycles. The molecule has 3 aromatic carbocycles. The zero-order chi connectivity index (χ0) is 27.9. The fraction of sp³-hybridized carbons (Fsp3) is 0.167. The highest BCUT2D eigenvalue weighted by molar-refractivity contribution is 7.93. The minimum atomic E-state index is -4.67. The second-order valence-corrected chi connectivity index (χ2v) is 9.30. The number of rotatable bonds is 11. The fourth-order valence-electron chi connectivity index (χ4n) is 3.38. The van der Waals surface area contributed by atoms with Crippen molar-refractivity contribution in [2.45, 2.75) is 4.90 Å². The molecule has 0 fully saturated rings. The van der Waals surface area contributed by atoms with E-state index in [9.17, 15) is 28.4 Å². The van der Waals surface area contributed by atoms with Crippen molar-refractivity contribution in [1.29, 1.82) is 0 Å². The van der Waals surface area contributed by atoms with E-state index in [1.165, 1.54) is 63.8 Å². The quantitative estimate of drug-likeness (QED) is 0.209. The summed E-state index contributed by atoms with van der Waals surface area (Å²) in [7, 11) is -0.601. The smallest absolute Gasteiger partial charge is 0.289 e. The number of carbonyl (C=O) groups is 1. The molecule has 0 radical (unpaired) electrons. The van der Waals surface area contributed by atoms with Gasteiger partial charge in [0, 0.05) is 17.7 Å². The van der Waals surface area contributed by atoms with Crippen molar-refractivity contribution in [2.24, 2.45) is 5.10 Å². The van der Waals surface area contributed by atoms with Gasteiger partial charge < -0.3 is 19.3 Å². The number of nitro benzene ring substituents is 1. The lowest BCUT2D eigenvalue weighted by molar-refractivity contribution is -0.387. The largest absolute Gasteiger partial charge is 0.504 e. The van der Waals surface area contributed by atoms with E-state index in [0.717, 1.165) is 18.3 Å². The lowest BCUT2D eigenvalue weighted by Crippen LogP contribution is -2.40. The minimum Gasteiger partial charge on any atom is -0.504 e. The van der Waals surface area contributed by atoms with Gasteiger partial charge in [0.15, 0.2) is 16.4 Å². The molecule has 0 aliphatic heterocycles.